The highest BCUT2D eigenvalue weighted by molar-refractivity contribution is 5.93. The minimum absolute atomic E-state index is 0.0465. The lowest BCUT2D eigenvalue weighted by Crippen LogP contribution is -2.36. The minimum Gasteiger partial charge on any atom is -0.380 e. The van der Waals surface area contributed by atoms with Crippen LogP contribution in [0.2, 0.25) is 0 Å². The normalized spacial score (nSPS) is 22.4. The summed E-state index contributed by atoms with van der Waals surface area (Å²) in [6.07, 6.45) is 3.88. The summed E-state index contributed by atoms with van der Waals surface area (Å²) in [6.45, 7) is 0.818. The number of hydrogen-bond acceptors (Lipinski definition) is 3. The summed E-state index contributed by atoms with van der Waals surface area (Å²) in [5.41, 5.74) is 1.89. The standard InChI is InChI=1S/C15H22N2O2/c1-16-15(18)12-8-6-11(7-9-12)10-17-13-4-3-5-14(13)19-2/h6-9,13-14,17H,3-5,10H2,1-2H3,(H,16,18). The number of methoxy groups -OCH3 is 1. The molecule has 19 heavy (non-hydrogen) atoms. The maximum Gasteiger partial charge on any atom is 0.251 e. The van der Waals surface area contributed by atoms with Crippen LogP contribution in [0.15, 0.2) is 24.3 Å². The Balaban J connectivity index is 1.88. The lowest BCUT2D eigenvalue weighted by molar-refractivity contribution is 0.0847. The zero-order valence-corrected chi connectivity index (χ0v) is 11.6. The second-order valence-electron chi connectivity index (χ2n) is 4.97. The summed E-state index contributed by atoms with van der Waals surface area (Å²) < 4.78 is 5.46. The molecule has 1 saturated carbocycles. The first-order valence-electron chi connectivity index (χ1n) is 6.82. The Morgan fingerprint density at radius 2 is 2.05 bits per heavy atom. The van der Waals surface area contributed by atoms with Crippen LogP contribution in [0.5, 0.6) is 0 Å². The van der Waals surface area contributed by atoms with E-state index in [1.807, 2.05) is 24.3 Å². The van der Waals surface area contributed by atoms with Crippen LogP contribution in [0, 0.1) is 0 Å². The van der Waals surface area contributed by atoms with Crippen molar-refractivity contribution >= 4 is 5.91 Å². The highest BCUT2D eigenvalue weighted by Crippen LogP contribution is 2.21. The predicted octanol–water partition coefficient (Wildman–Crippen LogP) is 1.70. The molecule has 1 amide bonds. The second kappa shape index (κ2) is 6.68. The average molecular weight is 262 g/mol. The molecule has 104 valence electrons. The molecule has 0 aliphatic heterocycles. The van der Waals surface area contributed by atoms with Gasteiger partial charge in [-0.25, -0.2) is 0 Å². The van der Waals surface area contributed by atoms with Gasteiger partial charge in [0, 0.05) is 32.3 Å². The smallest absolute Gasteiger partial charge is 0.251 e. The lowest BCUT2D eigenvalue weighted by Gasteiger charge is -2.19. The van der Waals surface area contributed by atoms with E-state index in [1.165, 1.54) is 18.4 Å². The Kier molecular flexibility index (Phi) is 4.93. The number of benzene rings is 1. The van der Waals surface area contributed by atoms with Crippen LogP contribution < -0.4 is 10.6 Å². The van der Waals surface area contributed by atoms with Gasteiger partial charge in [0.15, 0.2) is 0 Å². The van der Waals surface area contributed by atoms with Crippen molar-refractivity contribution in [3.8, 4) is 0 Å². The van der Waals surface area contributed by atoms with Gasteiger partial charge in [-0.2, -0.15) is 0 Å². The first-order valence-corrected chi connectivity index (χ1v) is 6.82. The molecule has 4 nitrogen and oxygen atoms in total. The number of rotatable bonds is 5. The predicted molar refractivity (Wildman–Crippen MR) is 75.1 cm³/mol. The monoisotopic (exact) mass is 262 g/mol. The fourth-order valence-corrected chi connectivity index (χ4v) is 2.61. The van der Waals surface area contributed by atoms with Crippen molar-refractivity contribution in [2.45, 2.75) is 38.0 Å². The molecule has 2 unspecified atom stereocenters. The van der Waals surface area contributed by atoms with E-state index in [4.69, 9.17) is 4.74 Å². The third-order valence-corrected chi connectivity index (χ3v) is 3.77. The molecule has 0 heterocycles. The molecule has 1 aliphatic carbocycles. The van der Waals surface area contributed by atoms with Crippen molar-refractivity contribution in [1.82, 2.24) is 10.6 Å². The van der Waals surface area contributed by atoms with Gasteiger partial charge in [0.05, 0.1) is 6.10 Å². The van der Waals surface area contributed by atoms with E-state index in [2.05, 4.69) is 10.6 Å². The van der Waals surface area contributed by atoms with E-state index >= 15 is 0 Å². The number of carbonyl (C=O) groups is 1. The van der Waals surface area contributed by atoms with Crippen LogP contribution in [0.4, 0.5) is 0 Å². The van der Waals surface area contributed by atoms with Gasteiger partial charge < -0.3 is 15.4 Å². The van der Waals surface area contributed by atoms with Crippen molar-refractivity contribution < 1.29 is 9.53 Å². The van der Waals surface area contributed by atoms with Crippen LogP contribution in [-0.2, 0) is 11.3 Å². The molecular formula is C15H22N2O2. The van der Waals surface area contributed by atoms with E-state index < -0.39 is 0 Å². The molecule has 2 N–H and O–H groups in total. The molecule has 0 saturated heterocycles. The van der Waals surface area contributed by atoms with Gasteiger partial charge >= 0.3 is 0 Å². The molecule has 1 fully saturated rings. The van der Waals surface area contributed by atoms with Crippen LogP contribution in [0.3, 0.4) is 0 Å². The molecule has 1 aromatic rings. The molecule has 0 spiro atoms. The second-order valence-corrected chi connectivity index (χ2v) is 4.97. The minimum atomic E-state index is -0.0465. The first kappa shape index (κ1) is 14.0. The number of nitrogens with one attached hydrogen (secondary N) is 2. The summed E-state index contributed by atoms with van der Waals surface area (Å²) in [5, 5.41) is 6.16. The van der Waals surface area contributed by atoms with Crippen LogP contribution in [0.1, 0.15) is 35.2 Å². The number of hydrogen-bond donors (Lipinski definition) is 2. The molecule has 1 aliphatic rings. The van der Waals surface area contributed by atoms with Gasteiger partial charge in [0.25, 0.3) is 5.91 Å². The zero-order chi connectivity index (χ0) is 13.7. The summed E-state index contributed by atoms with van der Waals surface area (Å²) in [6, 6.07) is 8.16. The van der Waals surface area contributed by atoms with Crippen molar-refractivity contribution in [3.05, 3.63) is 35.4 Å². The summed E-state index contributed by atoms with van der Waals surface area (Å²) >= 11 is 0. The van der Waals surface area contributed by atoms with E-state index in [9.17, 15) is 4.79 Å². The third kappa shape index (κ3) is 3.55. The van der Waals surface area contributed by atoms with Gasteiger partial charge in [-0.3, -0.25) is 4.79 Å². The molecule has 1 aromatic carbocycles. The Labute approximate surface area is 114 Å². The average Bonchev–Trinajstić information content (AvgIpc) is 2.92. The lowest BCUT2D eigenvalue weighted by atomic mass is 10.1. The van der Waals surface area contributed by atoms with Crippen molar-refractivity contribution in [3.63, 3.8) is 0 Å². The molecular weight excluding hydrogens is 240 g/mol. The van der Waals surface area contributed by atoms with Gasteiger partial charge in [-0.15, -0.1) is 0 Å². The highest BCUT2D eigenvalue weighted by atomic mass is 16.5. The number of ether oxygens (including phenoxy) is 1. The zero-order valence-electron chi connectivity index (χ0n) is 11.6. The molecule has 0 radical (unpaired) electrons. The van der Waals surface area contributed by atoms with E-state index in [0.29, 0.717) is 17.7 Å². The van der Waals surface area contributed by atoms with E-state index in [0.717, 1.165) is 13.0 Å². The van der Waals surface area contributed by atoms with Crippen LogP contribution in [-0.4, -0.2) is 32.2 Å². The Bertz CT molecular complexity index is 417. The largest absolute Gasteiger partial charge is 0.380 e. The van der Waals surface area contributed by atoms with Crippen LogP contribution in [0.25, 0.3) is 0 Å². The topological polar surface area (TPSA) is 50.4 Å². The third-order valence-electron chi connectivity index (χ3n) is 3.77. The summed E-state index contributed by atoms with van der Waals surface area (Å²) in [4.78, 5) is 11.4. The highest BCUT2D eigenvalue weighted by Gasteiger charge is 2.26. The van der Waals surface area contributed by atoms with Crippen molar-refractivity contribution in [1.29, 1.82) is 0 Å². The Hall–Kier alpha value is -1.39. The Morgan fingerprint density at radius 1 is 1.32 bits per heavy atom. The number of carbonyl (C=O) groups excluding carboxylic acids is 1. The molecule has 2 atom stereocenters. The fraction of sp³-hybridized carbons (Fsp3) is 0.533. The molecule has 4 heteroatoms. The maximum atomic E-state index is 11.4. The summed E-state index contributed by atoms with van der Waals surface area (Å²) in [7, 11) is 3.42. The van der Waals surface area contributed by atoms with Gasteiger partial charge in [-0.05, 0) is 37.0 Å². The molecule has 0 aromatic heterocycles. The summed E-state index contributed by atoms with van der Waals surface area (Å²) in [5.74, 6) is -0.0465. The van der Waals surface area contributed by atoms with E-state index in [1.54, 1.807) is 14.2 Å². The SMILES string of the molecule is CNC(=O)c1ccc(CNC2CCCC2OC)cc1. The maximum absolute atomic E-state index is 11.4. The van der Waals surface area contributed by atoms with Gasteiger partial charge in [0.1, 0.15) is 0 Å². The first-order chi connectivity index (χ1) is 9.24. The van der Waals surface area contributed by atoms with Gasteiger partial charge in [0.2, 0.25) is 0 Å². The van der Waals surface area contributed by atoms with Crippen LogP contribution >= 0.6 is 0 Å². The number of amides is 1. The fourth-order valence-electron chi connectivity index (χ4n) is 2.61. The molecule has 2 rings (SSSR count). The van der Waals surface area contributed by atoms with Crippen molar-refractivity contribution in [2.24, 2.45) is 0 Å². The van der Waals surface area contributed by atoms with Crippen molar-refractivity contribution in [2.75, 3.05) is 14.2 Å². The van der Waals surface area contributed by atoms with Gasteiger partial charge in [-0.1, -0.05) is 12.1 Å². The quantitative estimate of drug-likeness (QED) is 0.849. The Morgan fingerprint density at radius 3 is 2.68 bits per heavy atom. The molecule has 0 bridgehead atoms. The van der Waals surface area contributed by atoms with E-state index in [-0.39, 0.29) is 5.91 Å².